The standard InChI is InChI=1S/C17H26N4O2.ClH/c1-13-4-3-5-15(12-13)19-17(23)21-10-8-20(9-11-21)16(22)7-6-14(2)18;/h3-5,12,14H,6-11,18H2,1-2H3,(H,19,23);1H. The number of nitrogens with two attached hydrogens (primary N) is 1. The Morgan fingerprint density at radius 1 is 1.21 bits per heavy atom. The van der Waals surface area contributed by atoms with Crippen LogP contribution < -0.4 is 11.1 Å². The Labute approximate surface area is 149 Å². The first-order valence-corrected chi connectivity index (χ1v) is 8.11. The first-order chi connectivity index (χ1) is 11.0. The molecule has 0 saturated carbocycles. The van der Waals surface area contributed by atoms with Gasteiger partial charge in [-0.15, -0.1) is 12.4 Å². The van der Waals surface area contributed by atoms with Crippen molar-refractivity contribution in [1.29, 1.82) is 0 Å². The van der Waals surface area contributed by atoms with Crippen molar-refractivity contribution >= 4 is 30.0 Å². The molecule has 0 aliphatic carbocycles. The molecule has 1 aliphatic heterocycles. The summed E-state index contributed by atoms with van der Waals surface area (Å²) in [5.41, 5.74) is 7.58. The van der Waals surface area contributed by atoms with Gasteiger partial charge in [-0.3, -0.25) is 4.79 Å². The molecule has 1 aromatic carbocycles. The normalized spacial score (nSPS) is 15.5. The third-order valence-electron chi connectivity index (χ3n) is 4.00. The van der Waals surface area contributed by atoms with Gasteiger partial charge in [-0.1, -0.05) is 12.1 Å². The van der Waals surface area contributed by atoms with Gasteiger partial charge in [0.05, 0.1) is 0 Å². The lowest BCUT2D eigenvalue weighted by Crippen LogP contribution is -2.51. The summed E-state index contributed by atoms with van der Waals surface area (Å²) in [5.74, 6) is 0.126. The largest absolute Gasteiger partial charge is 0.339 e. The number of hydrogen-bond donors (Lipinski definition) is 2. The van der Waals surface area contributed by atoms with Crippen LogP contribution in [0.15, 0.2) is 24.3 Å². The van der Waals surface area contributed by atoms with E-state index in [1.807, 2.05) is 43.0 Å². The zero-order chi connectivity index (χ0) is 16.8. The molecule has 6 nitrogen and oxygen atoms in total. The number of nitrogens with one attached hydrogen (secondary N) is 1. The maximum absolute atomic E-state index is 12.3. The Kier molecular flexibility index (Phi) is 8.01. The molecule has 2 rings (SSSR count). The van der Waals surface area contributed by atoms with Crippen molar-refractivity contribution in [2.75, 3.05) is 31.5 Å². The molecule has 0 radical (unpaired) electrons. The van der Waals surface area contributed by atoms with Crippen molar-refractivity contribution in [3.8, 4) is 0 Å². The minimum atomic E-state index is -0.113. The van der Waals surface area contributed by atoms with E-state index in [1.165, 1.54) is 0 Å². The maximum atomic E-state index is 12.3. The third kappa shape index (κ3) is 6.02. The zero-order valence-corrected chi connectivity index (χ0v) is 15.1. The molecule has 3 N–H and O–H groups in total. The molecule has 1 atom stereocenters. The van der Waals surface area contributed by atoms with Crippen molar-refractivity contribution in [3.63, 3.8) is 0 Å². The Hall–Kier alpha value is -1.79. The Balaban J connectivity index is 0.00000288. The molecule has 1 aliphatic rings. The Bertz CT molecular complexity index is 557. The van der Waals surface area contributed by atoms with Crippen LogP contribution in [0.25, 0.3) is 0 Å². The number of carbonyl (C=O) groups is 2. The molecule has 0 aromatic heterocycles. The summed E-state index contributed by atoms with van der Waals surface area (Å²) in [5, 5.41) is 2.90. The van der Waals surface area contributed by atoms with Crippen LogP contribution in [0.4, 0.5) is 10.5 Å². The lowest BCUT2D eigenvalue weighted by molar-refractivity contribution is -0.132. The van der Waals surface area contributed by atoms with Crippen LogP contribution in [0.2, 0.25) is 0 Å². The van der Waals surface area contributed by atoms with E-state index in [9.17, 15) is 9.59 Å². The summed E-state index contributed by atoms with van der Waals surface area (Å²) in [6, 6.07) is 7.64. The third-order valence-corrected chi connectivity index (χ3v) is 4.00. The number of piperazine rings is 1. The molecule has 1 fully saturated rings. The van der Waals surface area contributed by atoms with Crippen molar-refractivity contribution in [2.45, 2.75) is 32.7 Å². The minimum Gasteiger partial charge on any atom is -0.339 e. The van der Waals surface area contributed by atoms with Gasteiger partial charge in [-0.05, 0) is 38.0 Å². The molecule has 1 unspecified atom stereocenters. The summed E-state index contributed by atoms with van der Waals surface area (Å²) in [6.45, 7) is 6.17. The highest BCUT2D eigenvalue weighted by atomic mass is 35.5. The van der Waals surface area contributed by atoms with E-state index in [2.05, 4.69) is 5.32 Å². The number of urea groups is 1. The summed E-state index contributed by atoms with van der Waals surface area (Å²) < 4.78 is 0. The average molecular weight is 355 g/mol. The summed E-state index contributed by atoms with van der Waals surface area (Å²) in [7, 11) is 0. The van der Waals surface area contributed by atoms with Gasteiger partial charge >= 0.3 is 6.03 Å². The molecule has 0 spiro atoms. The van der Waals surface area contributed by atoms with E-state index in [-0.39, 0.29) is 30.4 Å². The van der Waals surface area contributed by atoms with E-state index < -0.39 is 0 Å². The van der Waals surface area contributed by atoms with E-state index in [4.69, 9.17) is 5.73 Å². The molecule has 1 saturated heterocycles. The maximum Gasteiger partial charge on any atom is 0.321 e. The summed E-state index contributed by atoms with van der Waals surface area (Å²) in [4.78, 5) is 27.9. The number of aryl methyl sites for hydroxylation is 1. The van der Waals surface area contributed by atoms with Crippen LogP contribution in [0.1, 0.15) is 25.3 Å². The van der Waals surface area contributed by atoms with Crippen molar-refractivity contribution in [3.05, 3.63) is 29.8 Å². The van der Waals surface area contributed by atoms with Crippen LogP contribution >= 0.6 is 12.4 Å². The van der Waals surface area contributed by atoms with Crippen molar-refractivity contribution in [2.24, 2.45) is 5.73 Å². The predicted molar refractivity (Wildman–Crippen MR) is 98.5 cm³/mol. The van der Waals surface area contributed by atoms with Crippen LogP contribution in [-0.2, 0) is 4.79 Å². The van der Waals surface area contributed by atoms with E-state index >= 15 is 0 Å². The first kappa shape index (κ1) is 20.3. The molecule has 24 heavy (non-hydrogen) atoms. The lowest BCUT2D eigenvalue weighted by atomic mass is 10.1. The van der Waals surface area contributed by atoms with Gasteiger partial charge < -0.3 is 20.9 Å². The van der Waals surface area contributed by atoms with Gasteiger partial charge in [0, 0.05) is 44.3 Å². The highest BCUT2D eigenvalue weighted by molar-refractivity contribution is 5.89. The van der Waals surface area contributed by atoms with Gasteiger partial charge in [0.2, 0.25) is 5.91 Å². The fourth-order valence-corrected chi connectivity index (χ4v) is 2.59. The highest BCUT2D eigenvalue weighted by Gasteiger charge is 2.24. The number of benzene rings is 1. The molecule has 1 aromatic rings. The summed E-state index contributed by atoms with van der Waals surface area (Å²) in [6.07, 6.45) is 1.18. The van der Waals surface area contributed by atoms with Crippen LogP contribution in [-0.4, -0.2) is 54.0 Å². The van der Waals surface area contributed by atoms with E-state index in [1.54, 1.807) is 4.90 Å². The smallest absolute Gasteiger partial charge is 0.321 e. The predicted octanol–water partition coefficient (Wildman–Crippen LogP) is 2.22. The van der Waals surface area contributed by atoms with Gasteiger partial charge in [-0.25, -0.2) is 4.79 Å². The first-order valence-electron chi connectivity index (χ1n) is 8.11. The van der Waals surface area contributed by atoms with Gasteiger partial charge in [0.1, 0.15) is 0 Å². The molecule has 1 heterocycles. The number of hydrogen-bond acceptors (Lipinski definition) is 3. The Morgan fingerprint density at radius 3 is 2.42 bits per heavy atom. The second-order valence-electron chi connectivity index (χ2n) is 6.18. The van der Waals surface area contributed by atoms with Gasteiger partial charge in [0.25, 0.3) is 0 Å². The fourth-order valence-electron chi connectivity index (χ4n) is 2.59. The van der Waals surface area contributed by atoms with Crippen molar-refractivity contribution in [1.82, 2.24) is 9.80 Å². The number of rotatable bonds is 4. The van der Waals surface area contributed by atoms with E-state index in [0.717, 1.165) is 11.3 Å². The SMILES string of the molecule is Cc1cccc(NC(=O)N2CCN(C(=O)CCC(C)N)CC2)c1.Cl. The van der Waals surface area contributed by atoms with Crippen LogP contribution in [0.3, 0.4) is 0 Å². The second-order valence-corrected chi connectivity index (χ2v) is 6.18. The Morgan fingerprint density at radius 2 is 1.83 bits per heavy atom. The minimum absolute atomic E-state index is 0. The number of nitrogens with zero attached hydrogens (tertiary/aromatic N) is 2. The molecular formula is C17H27ClN4O2. The molecule has 134 valence electrons. The monoisotopic (exact) mass is 354 g/mol. The topological polar surface area (TPSA) is 78.7 Å². The highest BCUT2D eigenvalue weighted by Crippen LogP contribution is 2.12. The number of anilines is 1. The zero-order valence-electron chi connectivity index (χ0n) is 14.3. The molecule has 0 bridgehead atoms. The molecule has 7 heteroatoms. The second kappa shape index (κ2) is 9.49. The van der Waals surface area contributed by atoms with Crippen LogP contribution in [0.5, 0.6) is 0 Å². The van der Waals surface area contributed by atoms with Gasteiger partial charge in [-0.2, -0.15) is 0 Å². The van der Waals surface area contributed by atoms with Crippen molar-refractivity contribution < 1.29 is 9.59 Å². The molecular weight excluding hydrogens is 328 g/mol. The van der Waals surface area contributed by atoms with E-state index in [0.29, 0.717) is 39.0 Å². The van der Waals surface area contributed by atoms with Gasteiger partial charge in [0.15, 0.2) is 0 Å². The van der Waals surface area contributed by atoms with Crippen LogP contribution in [0, 0.1) is 6.92 Å². The number of carbonyl (C=O) groups excluding carboxylic acids is 2. The summed E-state index contributed by atoms with van der Waals surface area (Å²) >= 11 is 0. The molecule has 3 amide bonds. The fraction of sp³-hybridized carbons (Fsp3) is 0.529. The quantitative estimate of drug-likeness (QED) is 0.870. The number of amides is 3. The lowest BCUT2D eigenvalue weighted by Gasteiger charge is -2.35. The number of halogens is 1. The average Bonchev–Trinajstić information content (AvgIpc) is 2.52.